The van der Waals surface area contributed by atoms with Crippen LogP contribution in [0, 0.1) is 11.8 Å². The number of aliphatic hydroxyl groups excluding tert-OH is 1. The van der Waals surface area contributed by atoms with Crippen molar-refractivity contribution in [2.75, 3.05) is 39.5 Å². The molecule has 2 aliphatic rings. The average Bonchev–Trinajstić information content (AvgIpc) is 3.02. The van der Waals surface area contributed by atoms with Gasteiger partial charge in [0.1, 0.15) is 0 Å². The van der Waals surface area contributed by atoms with Crippen LogP contribution >= 0.6 is 0 Å². The Morgan fingerprint density at radius 1 is 1.04 bits per heavy atom. The Labute approximate surface area is 274 Å². The second-order valence-corrected chi connectivity index (χ2v) is 12.3. The Hall–Kier alpha value is -3.34. The van der Waals surface area contributed by atoms with Crippen LogP contribution < -0.4 is 16.0 Å². The maximum Gasteiger partial charge on any atom is 0.251 e. The van der Waals surface area contributed by atoms with Crippen molar-refractivity contribution in [3.05, 3.63) is 58.5 Å². The zero-order valence-electron chi connectivity index (χ0n) is 28.4. The second kappa shape index (κ2) is 21.5. The number of unbranched alkanes of at least 4 members (excludes halogenated alkanes) is 1. The van der Waals surface area contributed by atoms with Gasteiger partial charge >= 0.3 is 0 Å². The Kier molecular flexibility index (Phi) is 18.1. The number of carbonyl (C=O) groups is 4. The first-order valence-corrected chi connectivity index (χ1v) is 16.7. The van der Waals surface area contributed by atoms with Crippen LogP contribution in [0.3, 0.4) is 0 Å². The summed E-state index contributed by atoms with van der Waals surface area (Å²) < 4.78 is 11.1. The molecule has 2 amide bonds. The molecule has 0 radical (unpaired) electrons. The Balaban J connectivity index is 2.03. The number of aliphatic hydroxyl groups is 1. The molecular weight excluding hydrogens is 586 g/mol. The van der Waals surface area contributed by atoms with Gasteiger partial charge in [0.15, 0.2) is 0 Å². The zero-order valence-corrected chi connectivity index (χ0v) is 28.4. The SMILES string of the molecule is CCCCC(=O)NCCOCCOCCNC1=C2CC(C)CCC(O)C(C)/C=C(\C)CC/C=C\C=C(/C)C(=O)NC(=CC1=O)C2=O. The van der Waals surface area contributed by atoms with E-state index in [1.165, 1.54) is 11.6 Å². The molecule has 4 N–H and O–H groups in total. The monoisotopic (exact) mass is 641 g/mol. The Morgan fingerprint density at radius 3 is 2.48 bits per heavy atom. The van der Waals surface area contributed by atoms with E-state index in [4.69, 9.17) is 9.47 Å². The summed E-state index contributed by atoms with van der Waals surface area (Å²) in [4.78, 5) is 51.4. The van der Waals surface area contributed by atoms with E-state index >= 15 is 0 Å². The minimum Gasteiger partial charge on any atom is -0.393 e. The van der Waals surface area contributed by atoms with Crippen LogP contribution in [0.5, 0.6) is 0 Å². The third-order valence-electron chi connectivity index (χ3n) is 8.04. The number of hydrogen-bond acceptors (Lipinski definition) is 8. The minimum atomic E-state index is -0.517. The first kappa shape index (κ1) is 38.8. The second-order valence-electron chi connectivity index (χ2n) is 12.3. The van der Waals surface area contributed by atoms with Gasteiger partial charge in [0, 0.05) is 42.7 Å². The summed E-state index contributed by atoms with van der Waals surface area (Å²) >= 11 is 0. The van der Waals surface area contributed by atoms with Crippen molar-refractivity contribution in [1.29, 1.82) is 0 Å². The lowest BCUT2D eigenvalue weighted by atomic mass is 9.86. The number of nitrogens with one attached hydrogen (secondary N) is 3. The molecule has 3 unspecified atom stereocenters. The molecule has 0 saturated heterocycles. The molecule has 1 aliphatic carbocycles. The van der Waals surface area contributed by atoms with Gasteiger partial charge in [-0.15, -0.1) is 0 Å². The lowest BCUT2D eigenvalue weighted by molar-refractivity contribution is -0.121. The molecule has 1 aliphatic heterocycles. The lowest BCUT2D eigenvalue weighted by Gasteiger charge is -2.24. The van der Waals surface area contributed by atoms with Gasteiger partial charge in [-0.2, -0.15) is 0 Å². The molecule has 10 heteroatoms. The highest BCUT2D eigenvalue weighted by molar-refractivity contribution is 6.23. The maximum absolute atomic E-state index is 13.6. The van der Waals surface area contributed by atoms with Crippen LogP contribution in [-0.4, -0.2) is 74.1 Å². The lowest BCUT2D eigenvalue weighted by Crippen LogP contribution is -2.37. The van der Waals surface area contributed by atoms with Crippen molar-refractivity contribution >= 4 is 23.4 Å². The topological polar surface area (TPSA) is 143 Å². The third kappa shape index (κ3) is 14.4. The summed E-state index contributed by atoms with van der Waals surface area (Å²) in [6.07, 6.45) is 13.8. The summed E-state index contributed by atoms with van der Waals surface area (Å²) in [5.41, 5.74) is 2.10. The number of ketones is 2. The molecule has 10 nitrogen and oxygen atoms in total. The number of Topliss-reactive ketones (excluding diaryl/α,β-unsaturated/α-hetero) is 1. The van der Waals surface area contributed by atoms with Crippen LogP contribution in [0.4, 0.5) is 0 Å². The van der Waals surface area contributed by atoms with Crippen LogP contribution in [0.25, 0.3) is 0 Å². The van der Waals surface area contributed by atoms with Crippen LogP contribution in [-0.2, 0) is 28.7 Å². The van der Waals surface area contributed by atoms with E-state index in [-0.39, 0.29) is 41.5 Å². The number of ether oxygens (including phenoxy) is 2. The molecule has 0 aromatic heterocycles. The van der Waals surface area contributed by atoms with E-state index in [1.807, 2.05) is 32.9 Å². The van der Waals surface area contributed by atoms with Crippen molar-refractivity contribution in [1.82, 2.24) is 16.0 Å². The number of allylic oxidation sites excluding steroid dienone is 6. The first-order chi connectivity index (χ1) is 22.0. The van der Waals surface area contributed by atoms with Gasteiger partial charge in [0.25, 0.3) is 5.91 Å². The molecule has 0 aromatic carbocycles. The first-order valence-electron chi connectivity index (χ1n) is 16.7. The Morgan fingerprint density at radius 2 is 1.76 bits per heavy atom. The molecular formula is C36H55N3O7. The number of fused-ring (bicyclic) bond motifs is 2. The van der Waals surface area contributed by atoms with Crippen molar-refractivity contribution in [2.24, 2.45) is 11.8 Å². The van der Waals surface area contributed by atoms with E-state index in [9.17, 15) is 24.3 Å². The van der Waals surface area contributed by atoms with Crippen molar-refractivity contribution < 1.29 is 33.8 Å². The normalized spacial score (nSPS) is 25.1. The predicted octanol–water partition coefficient (Wildman–Crippen LogP) is 4.37. The van der Waals surface area contributed by atoms with Gasteiger partial charge < -0.3 is 30.5 Å². The van der Waals surface area contributed by atoms with Crippen molar-refractivity contribution in [3.8, 4) is 0 Å². The highest BCUT2D eigenvalue weighted by atomic mass is 16.5. The third-order valence-corrected chi connectivity index (χ3v) is 8.04. The molecule has 0 aromatic rings. The summed E-state index contributed by atoms with van der Waals surface area (Å²) in [6.45, 7) is 11.9. The summed E-state index contributed by atoms with van der Waals surface area (Å²) in [5.74, 6) is -1.20. The molecule has 3 atom stereocenters. The fraction of sp³-hybridized carbons (Fsp3) is 0.611. The molecule has 2 rings (SSSR count). The predicted molar refractivity (Wildman–Crippen MR) is 180 cm³/mol. The maximum atomic E-state index is 13.6. The standard InChI is InChI=1S/C36H55N3O7/c1-6-7-13-33(42)37-16-18-45-20-21-46-19-17-38-34-29-23-26(3)14-15-31(40)28(5)22-25(2)11-9-8-10-12-27(4)36(44)39-30(35(29)43)24-32(34)41/h8,10,12,22,24,26,28,31,38,40H,6-7,9,11,13-21,23H2,1-5H3,(H,37,42)(H,39,44)/b10-8-,25-22+,27-12+. The molecule has 1 heterocycles. The van der Waals surface area contributed by atoms with Gasteiger partial charge in [-0.25, -0.2) is 0 Å². The van der Waals surface area contributed by atoms with Gasteiger partial charge in [-0.3, -0.25) is 19.2 Å². The van der Waals surface area contributed by atoms with E-state index in [0.29, 0.717) is 69.7 Å². The fourth-order valence-electron chi connectivity index (χ4n) is 5.16. The number of rotatable bonds is 13. The molecule has 256 valence electrons. The van der Waals surface area contributed by atoms with Crippen LogP contribution in [0.2, 0.25) is 0 Å². The molecule has 0 fully saturated rings. The molecule has 2 bridgehead atoms. The number of amides is 2. The van der Waals surface area contributed by atoms with Crippen LogP contribution in [0.15, 0.2) is 58.5 Å². The highest BCUT2D eigenvalue weighted by Crippen LogP contribution is 2.27. The van der Waals surface area contributed by atoms with Gasteiger partial charge in [-0.05, 0) is 58.3 Å². The van der Waals surface area contributed by atoms with E-state index in [1.54, 1.807) is 13.0 Å². The number of carbonyl (C=O) groups excluding carboxylic acids is 4. The smallest absolute Gasteiger partial charge is 0.251 e. The minimum absolute atomic E-state index is 0.00303. The molecule has 46 heavy (non-hydrogen) atoms. The highest BCUT2D eigenvalue weighted by Gasteiger charge is 2.31. The molecule has 0 spiro atoms. The fourth-order valence-corrected chi connectivity index (χ4v) is 5.16. The van der Waals surface area contributed by atoms with E-state index < -0.39 is 17.8 Å². The Bertz CT molecular complexity index is 1200. The van der Waals surface area contributed by atoms with Crippen LogP contribution in [0.1, 0.15) is 86.0 Å². The van der Waals surface area contributed by atoms with E-state index in [0.717, 1.165) is 25.7 Å². The van der Waals surface area contributed by atoms with Gasteiger partial charge in [0.2, 0.25) is 17.5 Å². The summed E-state index contributed by atoms with van der Waals surface area (Å²) in [5, 5.41) is 19.4. The summed E-state index contributed by atoms with van der Waals surface area (Å²) in [6, 6.07) is 0. The van der Waals surface area contributed by atoms with Crippen molar-refractivity contribution in [2.45, 2.75) is 92.1 Å². The number of hydrogen-bond donors (Lipinski definition) is 4. The van der Waals surface area contributed by atoms with Crippen molar-refractivity contribution in [3.63, 3.8) is 0 Å². The quantitative estimate of drug-likeness (QED) is 0.132. The average molecular weight is 642 g/mol. The van der Waals surface area contributed by atoms with Gasteiger partial charge in [0.05, 0.1) is 43.9 Å². The largest absolute Gasteiger partial charge is 0.393 e. The summed E-state index contributed by atoms with van der Waals surface area (Å²) in [7, 11) is 0. The molecule has 0 saturated carbocycles. The van der Waals surface area contributed by atoms with Gasteiger partial charge in [-0.1, -0.05) is 57.1 Å². The zero-order chi connectivity index (χ0) is 33.9. The van der Waals surface area contributed by atoms with E-state index in [2.05, 4.69) is 29.0 Å².